The lowest BCUT2D eigenvalue weighted by Crippen LogP contribution is -2.48. The standard InChI is InChI=1S/C19H26N2O3/c1-13-4-5-14(2)16(10-13)17-11-20(15(3)12-24-17)8-9-21-18(22)6-7-19(21)23/h4-5,10,15,17H,6-9,11-12H2,1-3H3/t15-,17+/m1/s1. The number of amides is 2. The lowest BCUT2D eigenvalue weighted by Gasteiger charge is -2.39. The Hall–Kier alpha value is -1.72. The highest BCUT2D eigenvalue weighted by molar-refractivity contribution is 6.01. The second-order valence-electron chi connectivity index (χ2n) is 6.97. The zero-order valence-electron chi connectivity index (χ0n) is 14.7. The number of carbonyl (C=O) groups excluding carboxylic acids is 2. The van der Waals surface area contributed by atoms with Crippen molar-refractivity contribution in [3.05, 3.63) is 34.9 Å². The highest BCUT2D eigenvalue weighted by Crippen LogP contribution is 2.28. The van der Waals surface area contributed by atoms with Crippen LogP contribution < -0.4 is 0 Å². The number of aryl methyl sites for hydroxylation is 2. The van der Waals surface area contributed by atoms with Gasteiger partial charge >= 0.3 is 0 Å². The molecule has 2 amide bonds. The van der Waals surface area contributed by atoms with E-state index in [4.69, 9.17) is 4.74 Å². The number of hydrogen-bond acceptors (Lipinski definition) is 4. The highest BCUT2D eigenvalue weighted by Gasteiger charge is 2.32. The van der Waals surface area contributed by atoms with Gasteiger partial charge in [0.25, 0.3) is 0 Å². The third-order valence-electron chi connectivity index (χ3n) is 5.11. The topological polar surface area (TPSA) is 49.9 Å². The normalized spacial score (nSPS) is 25.5. The SMILES string of the molecule is Cc1ccc(C)c([C@@H]2CN(CCN3C(=O)CCC3=O)[C@H](C)CO2)c1. The number of ether oxygens (including phenoxy) is 1. The molecule has 0 radical (unpaired) electrons. The molecule has 1 aromatic rings. The molecule has 2 fully saturated rings. The zero-order chi connectivity index (χ0) is 17.3. The summed E-state index contributed by atoms with van der Waals surface area (Å²) in [5, 5.41) is 0. The molecule has 0 aromatic heterocycles. The number of rotatable bonds is 4. The van der Waals surface area contributed by atoms with Crippen molar-refractivity contribution in [3.8, 4) is 0 Å². The van der Waals surface area contributed by atoms with E-state index in [-0.39, 0.29) is 17.9 Å². The van der Waals surface area contributed by atoms with Gasteiger partial charge in [0.1, 0.15) is 0 Å². The summed E-state index contributed by atoms with van der Waals surface area (Å²) in [6.07, 6.45) is 0.775. The maximum absolute atomic E-state index is 11.8. The van der Waals surface area contributed by atoms with Gasteiger partial charge in [-0.05, 0) is 31.9 Å². The molecule has 2 aliphatic heterocycles. The molecule has 1 aromatic carbocycles. The molecule has 0 spiro atoms. The Kier molecular flexibility index (Phi) is 5.01. The molecule has 2 aliphatic rings. The van der Waals surface area contributed by atoms with E-state index in [1.165, 1.54) is 21.6 Å². The molecule has 2 atom stereocenters. The first-order valence-electron chi connectivity index (χ1n) is 8.71. The maximum Gasteiger partial charge on any atom is 0.229 e. The average Bonchev–Trinajstić information content (AvgIpc) is 2.88. The number of likely N-dealkylation sites (tertiary alicyclic amines) is 1. The summed E-state index contributed by atoms with van der Waals surface area (Å²) in [5.74, 6) is -0.0704. The van der Waals surface area contributed by atoms with E-state index in [2.05, 4.69) is 43.9 Å². The first kappa shape index (κ1) is 17.1. The predicted octanol–water partition coefficient (Wildman–Crippen LogP) is 2.21. The van der Waals surface area contributed by atoms with Crippen LogP contribution in [-0.4, -0.2) is 53.9 Å². The van der Waals surface area contributed by atoms with Gasteiger partial charge in [-0.15, -0.1) is 0 Å². The Morgan fingerprint density at radius 1 is 1.12 bits per heavy atom. The van der Waals surface area contributed by atoms with Gasteiger partial charge in [-0.3, -0.25) is 19.4 Å². The van der Waals surface area contributed by atoms with Gasteiger partial charge in [-0.2, -0.15) is 0 Å². The maximum atomic E-state index is 11.8. The largest absolute Gasteiger partial charge is 0.371 e. The van der Waals surface area contributed by atoms with Crippen molar-refractivity contribution in [3.63, 3.8) is 0 Å². The van der Waals surface area contributed by atoms with Crippen molar-refractivity contribution < 1.29 is 14.3 Å². The van der Waals surface area contributed by atoms with Crippen LogP contribution in [0.15, 0.2) is 18.2 Å². The lowest BCUT2D eigenvalue weighted by atomic mass is 9.99. The Bertz CT molecular complexity index is 627. The summed E-state index contributed by atoms with van der Waals surface area (Å²) in [7, 11) is 0. The molecule has 3 rings (SSSR count). The zero-order valence-corrected chi connectivity index (χ0v) is 14.7. The Morgan fingerprint density at radius 3 is 2.54 bits per heavy atom. The Morgan fingerprint density at radius 2 is 1.83 bits per heavy atom. The fourth-order valence-corrected chi connectivity index (χ4v) is 3.51. The minimum Gasteiger partial charge on any atom is -0.371 e. The van der Waals surface area contributed by atoms with Crippen LogP contribution in [0, 0.1) is 13.8 Å². The van der Waals surface area contributed by atoms with E-state index >= 15 is 0 Å². The van der Waals surface area contributed by atoms with Gasteiger partial charge in [-0.1, -0.05) is 23.8 Å². The summed E-state index contributed by atoms with van der Waals surface area (Å²) in [6.45, 7) is 9.00. The summed E-state index contributed by atoms with van der Waals surface area (Å²) < 4.78 is 6.07. The van der Waals surface area contributed by atoms with Crippen LogP contribution in [-0.2, 0) is 14.3 Å². The van der Waals surface area contributed by atoms with Gasteiger partial charge in [0.15, 0.2) is 0 Å². The quantitative estimate of drug-likeness (QED) is 0.794. The third-order valence-corrected chi connectivity index (χ3v) is 5.11. The second-order valence-corrected chi connectivity index (χ2v) is 6.97. The molecule has 24 heavy (non-hydrogen) atoms. The van der Waals surface area contributed by atoms with Crippen LogP contribution in [0.25, 0.3) is 0 Å². The first-order chi connectivity index (χ1) is 11.5. The smallest absolute Gasteiger partial charge is 0.229 e. The van der Waals surface area contributed by atoms with E-state index in [1.807, 2.05) is 0 Å². The van der Waals surface area contributed by atoms with Gasteiger partial charge in [-0.25, -0.2) is 0 Å². The fraction of sp³-hybridized carbons (Fsp3) is 0.579. The minimum atomic E-state index is -0.0352. The van der Waals surface area contributed by atoms with Crippen molar-refractivity contribution in [1.82, 2.24) is 9.80 Å². The monoisotopic (exact) mass is 330 g/mol. The van der Waals surface area contributed by atoms with Crippen LogP contribution >= 0.6 is 0 Å². The number of nitrogens with zero attached hydrogens (tertiary/aromatic N) is 2. The van der Waals surface area contributed by atoms with Gasteiger partial charge < -0.3 is 4.74 Å². The number of morpholine rings is 1. The molecular weight excluding hydrogens is 304 g/mol. The van der Waals surface area contributed by atoms with Crippen LogP contribution in [0.4, 0.5) is 0 Å². The van der Waals surface area contributed by atoms with Gasteiger partial charge in [0.2, 0.25) is 11.8 Å². The molecule has 0 unspecified atom stereocenters. The second kappa shape index (κ2) is 7.03. The number of benzene rings is 1. The molecule has 2 heterocycles. The van der Waals surface area contributed by atoms with Crippen LogP contribution in [0.3, 0.4) is 0 Å². The molecule has 2 saturated heterocycles. The third kappa shape index (κ3) is 3.52. The van der Waals surface area contributed by atoms with Crippen LogP contribution in [0.1, 0.15) is 42.6 Å². The number of carbonyl (C=O) groups is 2. The van der Waals surface area contributed by atoms with E-state index in [1.54, 1.807) is 0 Å². The van der Waals surface area contributed by atoms with Crippen molar-refractivity contribution in [2.75, 3.05) is 26.2 Å². The minimum absolute atomic E-state index is 0.0352. The molecule has 0 aliphatic carbocycles. The van der Waals surface area contributed by atoms with Crippen LogP contribution in [0.2, 0.25) is 0 Å². The first-order valence-corrected chi connectivity index (χ1v) is 8.71. The molecule has 5 heteroatoms. The van der Waals surface area contributed by atoms with Crippen molar-refractivity contribution >= 4 is 11.8 Å². The van der Waals surface area contributed by atoms with Gasteiger partial charge in [0, 0.05) is 38.5 Å². The van der Waals surface area contributed by atoms with Crippen molar-refractivity contribution in [2.45, 2.75) is 45.8 Å². The Balaban J connectivity index is 1.66. The van der Waals surface area contributed by atoms with Crippen molar-refractivity contribution in [2.24, 2.45) is 0 Å². The summed E-state index contributed by atoms with van der Waals surface area (Å²) in [5.41, 5.74) is 3.71. The summed E-state index contributed by atoms with van der Waals surface area (Å²) in [6, 6.07) is 6.74. The molecule has 130 valence electrons. The molecule has 0 bridgehead atoms. The number of imide groups is 1. The molecule has 0 N–H and O–H groups in total. The average molecular weight is 330 g/mol. The Labute approximate surface area is 143 Å². The summed E-state index contributed by atoms with van der Waals surface area (Å²) >= 11 is 0. The molecular formula is C19H26N2O3. The fourth-order valence-electron chi connectivity index (χ4n) is 3.51. The number of hydrogen-bond donors (Lipinski definition) is 0. The molecule has 5 nitrogen and oxygen atoms in total. The van der Waals surface area contributed by atoms with E-state index < -0.39 is 0 Å². The van der Waals surface area contributed by atoms with Gasteiger partial charge in [0.05, 0.1) is 12.7 Å². The van der Waals surface area contributed by atoms with E-state index in [9.17, 15) is 9.59 Å². The predicted molar refractivity (Wildman–Crippen MR) is 91.6 cm³/mol. The van der Waals surface area contributed by atoms with Crippen molar-refractivity contribution in [1.29, 1.82) is 0 Å². The van der Waals surface area contributed by atoms with E-state index in [0.29, 0.717) is 38.6 Å². The molecule has 0 saturated carbocycles. The van der Waals surface area contributed by atoms with Crippen LogP contribution in [0.5, 0.6) is 0 Å². The lowest BCUT2D eigenvalue weighted by molar-refractivity contribution is -0.139. The summed E-state index contributed by atoms with van der Waals surface area (Å²) in [4.78, 5) is 27.3. The van der Waals surface area contributed by atoms with E-state index in [0.717, 1.165) is 6.54 Å². The highest BCUT2D eigenvalue weighted by atomic mass is 16.5.